The third-order valence-corrected chi connectivity index (χ3v) is 4.63. The Balaban J connectivity index is 2.09. The van der Waals surface area contributed by atoms with Crippen molar-refractivity contribution >= 4 is 5.78 Å². The highest BCUT2D eigenvalue weighted by Gasteiger charge is 2.28. The zero-order valence-corrected chi connectivity index (χ0v) is 13.8. The first-order valence-electron chi connectivity index (χ1n) is 8.03. The van der Waals surface area contributed by atoms with Crippen molar-refractivity contribution in [3.63, 3.8) is 0 Å². The van der Waals surface area contributed by atoms with Gasteiger partial charge in [-0.2, -0.15) is 0 Å². The number of rotatable bonds is 5. The maximum atomic E-state index is 12.8. The van der Waals surface area contributed by atoms with E-state index in [0.717, 1.165) is 36.3 Å². The lowest BCUT2D eigenvalue weighted by atomic mass is 9.93. The van der Waals surface area contributed by atoms with Gasteiger partial charge in [-0.05, 0) is 71.3 Å². The van der Waals surface area contributed by atoms with Gasteiger partial charge in [0, 0.05) is 12.1 Å². The summed E-state index contributed by atoms with van der Waals surface area (Å²) < 4.78 is 0. The Kier molecular flexibility index (Phi) is 5.54. The fraction of sp³-hybridized carbons (Fsp3) is 0.611. The predicted octanol–water partition coefficient (Wildman–Crippen LogP) is 2.81. The van der Waals surface area contributed by atoms with Crippen molar-refractivity contribution in [2.45, 2.75) is 39.7 Å². The van der Waals surface area contributed by atoms with Crippen molar-refractivity contribution in [1.29, 1.82) is 0 Å². The number of likely N-dealkylation sites (tertiary alicyclic amines) is 1. The minimum absolute atomic E-state index is 0.0230. The number of ketones is 1. The molecular formula is C18H28N2O. The molecule has 2 unspecified atom stereocenters. The van der Waals surface area contributed by atoms with Gasteiger partial charge in [-0.1, -0.05) is 17.7 Å². The number of nitrogens with zero attached hydrogens (tertiary/aromatic N) is 1. The van der Waals surface area contributed by atoms with E-state index in [1.807, 2.05) is 27.0 Å². The lowest BCUT2D eigenvalue weighted by molar-refractivity contribution is 0.0753. The van der Waals surface area contributed by atoms with Crippen LogP contribution in [0.3, 0.4) is 0 Å². The molecule has 0 aromatic heterocycles. The minimum Gasteiger partial charge on any atom is -0.319 e. The summed E-state index contributed by atoms with van der Waals surface area (Å²) in [5.74, 6) is 0.930. The maximum absolute atomic E-state index is 12.8. The second-order valence-electron chi connectivity index (χ2n) is 6.42. The number of nitrogens with one attached hydrogen (secondary N) is 1. The van der Waals surface area contributed by atoms with Gasteiger partial charge in [-0.15, -0.1) is 0 Å². The monoisotopic (exact) mass is 288 g/mol. The first-order valence-corrected chi connectivity index (χ1v) is 8.03. The second-order valence-corrected chi connectivity index (χ2v) is 6.42. The number of Topliss-reactive ketones (excluding diaryl/α,β-unsaturated/α-hetero) is 1. The first-order chi connectivity index (χ1) is 10.0. The molecule has 1 aromatic rings. The van der Waals surface area contributed by atoms with Gasteiger partial charge in [0.05, 0.1) is 6.04 Å². The summed E-state index contributed by atoms with van der Waals surface area (Å²) in [6, 6.07) is 6.13. The summed E-state index contributed by atoms with van der Waals surface area (Å²) in [5.41, 5.74) is 3.13. The molecule has 1 aliphatic rings. The van der Waals surface area contributed by atoms with Gasteiger partial charge >= 0.3 is 0 Å². The normalized spacial score (nSPS) is 21.2. The van der Waals surface area contributed by atoms with Crippen LogP contribution in [0.15, 0.2) is 18.2 Å². The van der Waals surface area contributed by atoms with Gasteiger partial charge in [-0.25, -0.2) is 0 Å². The van der Waals surface area contributed by atoms with E-state index >= 15 is 0 Å². The van der Waals surface area contributed by atoms with E-state index < -0.39 is 0 Å². The van der Waals surface area contributed by atoms with Crippen LogP contribution in [0.25, 0.3) is 0 Å². The summed E-state index contributed by atoms with van der Waals surface area (Å²) in [6.07, 6.45) is 2.46. The maximum Gasteiger partial charge on any atom is 0.179 e. The summed E-state index contributed by atoms with van der Waals surface area (Å²) in [6.45, 7) is 9.24. The van der Waals surface area contributed by atoms with Gasteiger partial charge in [-0.3, -0.25) is 9.69 Å². The number of carbonyl (C=O) groups excluding carboxylic acids is 1. The molecule has 1 fully saturated rings. The summed E-state index contributed by atoms with van der Waals surface area (Å²) in [4.78, 5) is 15.2. The van der Waals surface area contributed by atoms with Crippen LogP contribution in [-0.4, -0.2) is 43.4 Å². The second kappa shape index (κ2) is 7.19. The van der Waals surface area contributed by atoms with Crippen molar-refractivity contribution in [2.24, 2.45) is 5.92 Å². The quantitative estimate of drug-likeness (QED) is 0.846. The van der Waals surface area contributed by atoms with Crippen LogP contribution in [0.5, 0.6) is 0 Å². The molecule has 1 heterocycles. The molecular weight excluding hydrogens is 260 g/mol. The van der Waals surface area contributed by atoms with Crippen molar-refractivity contribution in [3.05, 3.63) is 34.9 Å². The molecule has 0 bridgehead atoms. The Labute approximate surface area is 128 Å². The zero-order chi connectivity index (χ0) is 15.4. The number of benzene rings is 1. The number of hydrogen-bond acceptors (Lipinski definition) is 3. The largest absolute Gasteiger partial charge is 0.319 e. The molecule has 21 heavy (non-hydrogen) atoms. The number of aryl methyl sites for hydroxylation is 2. The van der Waals surface area contributed by atoms with Crippen LogP contribution in [-0.2, 0) is 0 Å². The fourth-order valence-corrected chi connectivity index (χ4v) is 3.30. The van der Waals surface area contributed by atoms with E-state index in [1.165, 1.54) is 12.8 Å². The SMILES string of the molecule is CNCC1CCCN(C(C)C(=O)c2cc(C)ccc2C)C1. The van der Waals surface area contributed by atoms with Crippen molar-refractivity contribution in [3.8, 4) is 0 Å². The highest BCUT2D eigenvalue weighted by atomic mass is 16.1. The Morgan fingerprint density at radius 3 is 2.90 bits per heavy atom. The van der Waals surface area contributed by atoms with E-state index in [0.29, 0.717) is 5.92 Å². The van der Waals surface area contributed by atoms with Gasteiger partial charge in [0.2, 0.25) is 0 Å². The standard InChI is InChI=1S/C18H28N2O/c1-13-7-8-14(2)17(10-13)18(21)15(3)20-9-5-6-16(12-20)11-19-4/h7-8,10,15-16,19H,5-6,9,11-12H2,1-4H3. The molecule has 0 radical (unpaired) electrons. The van der Waals surface area contributed by atoms with Gasteiger partial charge in [0.15, 0.2) is 5.78 Å². The molecule has 1 aromatic carbocycles. The molecule has 2 rings (SSSR count). The van der Waals surface area contributed by atoms with Crippen LogP contribution in [0.2, 0.25) is 0 Å². The average Bonchev–Trinajstić information content (AvgIpc) is 2.49. The Bertz CT molecular complexity index is 496. The molecule has 0 amide bonds. The lowest BCUT2D eigenvalue weighted by Crippen LogP contribution is -2.46. The third kappa shape index (κ3) is 3.92. The topological polar surface area (TPSA) is 32.3 Å². The lowest BCUT2D eigenvalue weighted by Gasteiger charge is -2.36. The predicted molar refractivity (Wildman–Crippen MR) is 87.9 cm³/mol. The van der Waals surface area contributed by atoms with Crippen LogP contribution in [0.4, 0.5) is 0 Å². The van der Waals surface area contributed by atoms with Crippen molar-refractivity contribution in [2.75, 3.05) is 26.7 Å². The highest BCUT2D eigenvalue weighted by Crippen LogP contribution is 2.21. The highest BCUT2D eigenvalue weighted by molar-refractivity contribution is 6.01. The fourth-order valence-electron chi connectivity index (χ4n) is 3.30. The van der Waals surface area contributed by atoms with E-state index in [2.05, 4.69) is 29.3 Å². The molecule has 0 aliphatic carbocycles. The number of piperidine rings is 1. The number of carbonyl (C=O) groups is 1. The van der Waals surface area contributed by atoms with Crippen LogP contribution >= 0.6 is 0 Å². The van der Waals surface area contributed by atoms with E-state index in [-0.39, 0.29) is 11.8 Å². The summed E-state index contributed by atoms with van der Waals surface area (Å²) >= 11 is 0. The minimum atomic E-state index is -0.0230. The molecule has 0 saturated carbocycles. The van der Waals surface area contributed by atoms with Gasteiger partial charge in [0.1, 0.15) is 0 Å². The molecule has 116 valence electrons. The Morgan fingerprint density at radius 2 is 2.19 bits per heavy atom. The Hall–Kier alpha value is -1.19. The van der Waals surface area contributed by atoms with Gasteiger partial charge < -0.3 is 5.32 Å². The molecule has 1 N–H and O–H groups in total. The van der Waals surface area contributed by atoms with E-state index in [1.54, 1.807) is 0 Å². The van der Waals surface area contributed by atoms with Crippen LogP contribution < -0.4 is 5.32 Å². The van der Waals surface area contributed by atoms with E-state index in [4.69, 9.17) is 0 Å². The summed E-state index contributed by atoms with van der Waals surface area (Å²) in [5, 5.41) is 3.26. The smallest absolute Gasteiger partial charge is 0.179 e. The van der Waals surface area contributed by atoms with Crippen molar-refractivity contribution in [1.82, 2.24) is 10.2 Å². The average molecular weight is 288 g/mol. The third-order valence-electron chi connectivity index (χ3n) is 4.63. The molecule has 1 saturated heterocycles. The number of hydrogen-bond donors (Lipinski definition) is 1. The van der Waals surface area contributed by atoms with Crippen LogP contribution in [0.1, 0.15) is 41.3 Å². The zero-order valence-electron chi connectivity index (χ0n) is 13.8. The molecule has 2 atom stereocenters. The van der Waals surface area contributed by atoms with E-state index in [9.17, 15) is 4.79 Å². The molecule has 3 nitrogen and oxygen atoms in total. The Morgan fingerprint density at radius 1 is 1.43 bits per heavy atom. The molecule has 1 aliphatic heterocycles. The first kappa shape index (κ1) is 16.2. The molecule has 3 heteroatoms. The van der Waals surface area contributed by atoms with Gasteiger partial charge in [0.25, 0.3) is 0 Å². The van der Waals surface area contributed by atoms with Crippen molar-refractivity contribution < 1.29 is 4.79 Å². The molecule has 0 spiro atoms. The van der Waals surface area contributed by atoms with Crippen LogP contribution in [0, 0.1) is 19.8 Å². The summed E-state index contributed by atoms with van der Waals surface area (Å²) in [7, 11) is 2.00.